The minimum Gasteiger partial charge on any atom is -0.370 e. The molecular formula is C19H31IN4O. The molecule has 1 aromatic rings. The van der Waals surface area contributed by atoms with Gasteiger partial charge in [0.15, 0.2) is 5.96 Å². The lowest BCUT2D eigenvalue weighted by Gasteiger charge is -2.26. The summed E-state index contributed by atoms with van der Waals surface area (Å²) in [6.45, 7) is 7.49. The minimum absolute atomic E-state index is 0. The van der Waals surface area contributed by atoms with Crippen molar-refractivity contribution in [2.24, 2.45) is 16.6 Å². The molecule has 1 aromatic carbocycles. The molecule has 3 N–H and O–H groups in total. The van der Waals surface area contributed by atoms with Crippen LogP contribution in [0.3, 0.4) is 0 Å². The maximum absolute atomic E-state index is 12.4. The van der Waals surface area contributed by atoms with Crippen molar-refractivity contribution in [3.05, 3.63) is 35.4 Å². The highest BCUT2D eigenvalue weighted by Gasteiger charge is 2.17. The number of benzene rings is 1. The van der Waals surface area contributed by atoms with Gasteiger partial charge in [-0.15, -0.1) is 24.0 Å². The number of guanidine groups is 1. The Labute approximate surface area is 168 Å². The summed E-state index contributed by atoms with van der Waals surface area (Å²) in [6, 6.07) is 7.71. The molecule has 0 radical (unpaired) electrons. The zero-order chi connectivity index (χ0) is 17.4. The molecular weight excluding hydrogens is 427 g/mol. The van der Waals surface area contributed by atoms with E-state index in [1.54, 1.807) is 0 Å². The third kappa shape index (κ3) is 7.63. The molecule has 2 rings (SSSR count). The monoisotopic (exact) mass is 458 g/mol. The number of aliphatic imine (C=N–C) groups is 1. The summed E-state index contributed by atoms with van der Waals surface area (Å²) < 4.78 is 0. The van der Waals surface area contributed by atoms with Gasteiger partial charge in [-0.2, -0.15) is 0 Å². The molecule has 0 aliphatic carbocycles. The molecule has 140 valence electrons. The molecule has 5 nitrogen and oxygen atoms in total. The summed E-state index contributed by atoms with van der Waals surface area (Å²) in [5, 5.41) is 3.12. The van der Waals surface area contributed by atoms with Crippen LogP contribution in [0.5, 0.6) is 0 Å². The number of likely N-dealkylation sites (tertiary alicyclic amines) is 1. The van der Waals surface area contributed by atoms with Crippen molar-refractivity contribution < 1.29 is 4.79 Å². The first-order valence-electron chi connectivity index (χ1n) is 8.98. The van der Waals surface area contributed by atoms with Gasteiger partial charge in [0.1, 0.15) is 0 Å². The van der Waals surface area contributed by atoms with E-state index in [1.807, 2.05) is 29.2 Å². The Hall–Kier alpha value is -1.31. The number of rotatable bonds is 6. The van der Waals surface area contributed by atoms with Gasteiger partial charge in [-0.25, -0.2) is 4.99 Å². The third-order valence-electron chi connectivity index (χ3n) is 4.30. The van der Waals surface area contributed by atoms with Crippen LogP contribution in [0, 0.1) is 5.92 Å². The Kier molecular flexibility index (Phi) is 9.85. The fraction of sp³-hybridized carbons (Fsp3) is 0.579. The second-order valence-electron chi connectivity index (χ2n) is 6.86. The lowest BCUT2D eigenvalue weighted by molar-refractivity contribution is 0.0724. The second-order valence-corrected chi connectivity index (χ2v) is 6.86. The number of amides is 1. The van der Waals surface area contributed by atoms with E-state index in [4.69, 9.17) is 5.73 Å². The number of carbonyl (C=O) groups is 1. The zero-order valence-electron chi connectivity index (χ0n) is 15.3. The summed E-state index contributed by atoms with van der Waals surface area (Å²) in [7, 11) is 0. The van der Waals surface area contributed by atoms with E-state index in [-0.39, 0.29) is 29.9 Å². The molecule has 1 saturated heterocycles. The highest BCUT2D eigenvalue weighted by atomic mass is 127. The molecule has 0 spiro atoms. The SMILES string of the molecule is CC(C)CCNC(N)=NCc1ccc(C(=O)N2CCCCC2)cc1.I. The van der Waals surface area contributed by atoms with E-state index in [1.165, 1.54) is 6.42 Å². The number of halogens is 1. The van der Waals surface area contributed by atoms with Crippen LogP contribution in [0.15, 0.2) is 29.3 Å². The zero-order valence-corrected chi connectivity index (χ0v) is 17.7. The maximum atomic E-state index is 12.4. The highest BCUT2D eigenvalue weighted by Crippen LogP contribution is 2.14. The molecule has 0 unspecified atom stereocenters. The lowest BCUT2D eigenvalue weighted by atomic mass is 10.1. The van der Waals surface area contributed by atoms with Gasteiger partial charge in [-0.1, -0.05) is 26.0 Å². The Morgan fingerprint density at radius 2 is 1.84 bits per heavy atom. The van der Waals surface area contributed by atoms with Crippen LogP contribution in [-0.4, -0.2) is 36.4 Å². The number of hydrogen-bond acceptors (Lipinski definition) is 2. The van der Waals surface area contributed by atoms with Crippen LogP contribution in [0.2, 0.25) is 0 Å². The largest absolute Gasteiger partial charge is 0.370 e. The van der Waals surface area contributed by atoms with Gasteiger partial charge in [-0.3, -0.25) is 4.79 Å². The lowest BCUT2D eigenvalue weighted by Crippen LogP contribution is -2.35. The summed E-state index contributed by atoms with van der Waals surface area (Å²) >= 11 is 0. The normalized spacial score (nSPS) is 15.0. The standard InChI is InChI=1S/C19H30N4O.HI/c1-15(2)10-11-21-19(20)22-14-16-6-8-17(9-7-16)18(24)23-12-4-3-5-13-23;/h6-9,15H,3-5,10-14H2,1-2H3,(H3,20,21,22);1H. The van der Waals surface area contributed by atoms with Gasteiger partial charge in [-0.05, 0) is 49.3 Å². The molecule has 0 bridgehead atoms. The Balaban J connectivity index is 0.00000312. The Morgan fingerprint density at radius 3 is 2.44 bits per heavy atom. The van der Waals surface area contributed by atoms with Gasteiger partial charge < -0.3 is 16.0 Å². The topological polar surface area (TPSA) is 70.7 Å². The number of nitrogens with two attached hydrogens (primary N) is 1. The number of nitrogens with one attached hydrogen (secondary N) is 1. The first-order valence-corrected chi connectivity index (χ1v) is 8.98. The Bertz CT molecular complexity index is 551. The van der Waals surface area contributed by atoms with Gasteiger partial charge in [0.2, 0.25) is 0 Å². The summed E-state index contributed by atoms with van der Waals surface area (Å²) in [4.78, 5) is 18.7. The van der Waals surface area contributed by atoms with Crippen molar-refractivity contribution in [2.75, 3.05) is 19.6 Å². The van der Waals surface area contributed by atoms with Crippen LogP contribution in [-0.2, 0) is 6.54 Å². The van der Waals surface area contributed by atoms with Crippen LogP contribution in [0.1, 0.15) is 55.5 Å². The van der Waals surface area contributed by atoms with Crippen molar-refractivity contribution in [3.63, 3.8) is 0 Å². The van der Waals surface area contributed by atoms with Crippen molar-refractivity contribution in [2.45, 2.75) is 46.1 Å². The summed E-state index contributed by atoms with van der Waals surface area (Å²) in [6.07, 6.45) is 4.53. The van der Waals surface area contributed by atoms with Crippen LogP contribution < -0.4 is 11.1 Å². The average Bonchev–Trinajstić information content (AvgIpc) is 2.60. The molecule has 0 aromatic heterocycles. The van der Waals surface area contributed by atoms with Crippen molar-refractivity contribution in [1.29, 1.82) is 0 Å². The molecule has 25 heavy (non-hydrogen) atoms. The first kappa shape index (κ1) is 21.7. The highest BCUT2D eigenvalue weighted by molar-refractivity contribution is 14.0. The third-order valence-corrected chi connectivity index (χ3v) is 4.30. The molecule has 1 aliphatic heterocycles. The van der Waals surface area contributed by atoms with Crippen LogP contribution >= 0.6 is 24.0 Å². The van der Waals surface area contributed by atoms with E-state index in [0.29, 0.717) is 18.4 Å². The van der Waals surface area contributed by atoms with Crippen molar-refractivity contribution in [3.8, 4) is 0 Å². The van der Waals surface area contributed by atoms with Gasteiger partial charge in [0.25, 0.3) is 5.91 Å². The number of piperidine rings is 1. The molecule has 1 aliphatic rings. The summed E-state index contributed by atoms with van der Waals surface area (Å²) in [5.41, 5.74) is 7.67. The van der Waals surface area contributed by atoms with Gasteiger partial charge in [0, 0.05) is 25.2 Å². The molecule has 0 atom stereocenters. The molecule has 6 heteroatoms. The summed E-state index contributed by atoms with van der Waals surface area (Å²) in [5.74, 6) is 1.26. The first-order chi connectivity index (χ1) is 11.6. The van der Waals surface area contributed by atoms with Crippen molar-refractivity contribution >= 4 is 35.8 Å². The van der Waals surface area contributed by atoms with E-state index in [9.17, 15) is 4.79 Å². The van der Waals surface area contributed by atoms with Gasteiger partial charge >= 0.3 is 0 Å². The molecule has 1 heterocycles. The van der Waals surface area contributed by atoms with E-state index in [0.717, 1.165) is 50.0 Å². The number of nitrogens with zero attached hydrogens (tertiary/aromatic N) is 2. The minimum atomic E-state index is 0. The number of hydrogen-bond donors (Lipinski definition) is 2. The molecule has 0 saturated carbocycles. The quantitative estimate of drug-likeness (QED) is 0.390. The van der Waals surface area contributed by atoms with E-state index >= 15 is 0 Å². The second kappa shape index (κ2) is 11.3. The fourth-order valence-electron chi connectivity index (χ4n) is 2.75. The number of carbonyl (C=O) groups excluding carboxylic acids is 1. The van der Waals surface area contributed by atoms with Crippen LogP contribution in [0.25, 0.3) is 0 Å². The smallest absolute Gasteiger partial charge is 0.253 e. The predicted octanol–water partition coefficient (Wildman–Crippen LogP) is 3.38. The fourth-order valence-corrected chi connectivity index (χ4v) is 2.75. The van der Waals surface area contributed by atoms with Crippen molar-refractivity contribution in [1.82, 2.24) is 10.2 Å². The Morgan fingerprint density at radius 1 is 1.20 bits per heavy atom. The molecule has 1 amide bonds. The van der Waals surface area contributed by atoms with E-state index in [2.05, 4.69) is 24.2 Å². The maximum Gasteiger partial charge on any atom is 0.253 e. The van der Waals surface area contributed by atoms with Crippen LogP contribution in [0.4, 0.5) is 0 Å². The predicted molar refractivity (Wildman–Crippen MR) is 114 cm³/mol. The molecule has 1 fully saturated rings. The van der Waals surface area contributed by atoms with E-state index < -0.39 is 0 Å². The average molecular weight is 458 g/mol. The van der Waals surface area contributed by atoms with Gasteiger partial charge in [0.05, 0.1) is 6.54 Å².